The van der Waals surface area contributed by atoms with Crippen molar-refractivity contribution in [3.63, 3.8) is 0 Å². The molecule has 1 aromatic rings. The zero-order valence-electron chi connectivity index (χ0n) is 10.4. The second-order valence-electron chi connectivity index (χ2n) is 4.81. The van der Waals surface area contributed by atoms with Crippen LogP contribution in [-0.4, -0.2) is 19.0 Å². The molecule has 2 N–H and O–H groups in total. The van der Waals surface area contributed by atoms with E-state index in [4.69, 9.17) is 11.6 Å². The second-order valence-corrected chi connectivity index (χ2v) is 5.24. The van der Waals surface area contributed by atoms with E-state index in [2.05, 4.69) is 10.6 Å². The number of amides is 1. The largest absolute Gasteiger partial charge is 0.326 e. The lowest BCUT2D eigenvalue weighted by atomic mass is 9.94. The summed E-state index contributed by atoms with van der Waals surface area (Å²) >= 11 is 5.79. The average Bonchev–Trinajstić information content (AvgIpc) is 2.40. The molecule has 1 amide bonds. The van der Waals surface area contributed by atoms with E-state index in [-0.39, 0.29) is 5.91 Å². The molecule has 1 atom stereocenters. The summed E-state index contributed by atoms with van der Waals surface area (Å²) in [7, 11) is 0. The lowest BCUT2D eigenvalue weighted by molar-refractivity contribution is -0.116. The quantitative estimate of drug-likeness (QED) is 0.879. The summed E-state index contributed by atoms with van der Waals surface area (Å²) in [5.41, 5.74) is 0.811. The van der Waals surface area contributed by atoms with Gasteiger partial charge < -0.3 is 10.6 Å². The maximum Gasteiger partial charge on any atom is 0.224 e. The molecular weight excluding hydrogens is 248 g/mol. The first-order chi connectivity index (χ1) is 8.74. The summed E-state index contributed by atoms with van der Waals surface area (Å²) in [4.78, 5) is 11.8. The minimum Gasteiger partial charge on any atom is -0.326 e. The summed E-state index contributed by atoms with van der Waals surface area (Å²) in [6, 6.07) is 7.20. The molecule has 1 saturated heterocycles. The summed E-state index contributed by atoms with van der Waals surface area (Å²) in [6.45, 7) is 2.17. The number of halogens is 1. The van der Waals surface area contributed by atoms with Gasteiger partial charge in [0.1, 0.15) is 0 Å². The SMILES string of the molecule is O=C(CCC1CCCNC1)Nc1ccc(Cl)cc1. The number of piperidine rings is 1. The lowest BCUT2D eigenvalue weighted by Gasteiger charge is -2.22. The fourth-order valence-electron chi connectivity index (χ4n) is 2.26. The number of nitrogens with one attached hydrogen (secondary N) is 2. The van der Waals surface area contributed by atoms with E-state index >= 15 is 0 Å². The van der Waals surface area contributed by atoms with Crippen molar-refractivity contribution in [1.29, 1.82) is 0 Å². The van der Waals surface area contributed by atoms with Crippen molar-refractivity contribution in [3.8, 4) is 0 Å². The highest BCUT2D eigenvalue weighted by molar-refractivity contribution is 6.30. The standard InChI is InChI=1S/C14H19ClN2O/c15-12-4-6-13(7-5-12)17-14(18)8-3-11-2-1-9-16-10-11/h4-7,11,16H,1-3,8-10H2,(H,17,18). The maximum atomic E-state index is 11.8. The molecule has 2 rings (SSSR count). The first-order valence-electron chi connectivity index (χ1n) is 6.50. The van der Waals surface area contributed by atoms with Crippen LogP contribution in [0.3, 0.4) is 0 Å². The molecule has 18 heavy (non-hydrogen) atoms. The molecule has 0 aliphatic carbocycles. The Balaban J connectivity index is 1.73. The van der Waals surface area contributed by atoms with Gasteiger partial charge in [-0.1, -0.05) is 11.6 Å². The lowest BCUT2D eigenvalue weighted by Crippen LogP contribution is -2.30. The van der Waals surface area contributed by atoms with Crippen molar-refractivity contribution >= 4 is 23.2 Å². The molecule has 98 valence electrons. The van der Waals surface area contributed by atoms with Gasteiger partial charge in [-0.3, -0.25) is 4.79 Å². The first-order valence-corrected chi connectivity index (χ1v) is 6.88. The zero-order chi connectivity index (χ0) is 12.8. The number of hydrogen-bond acceptors (Lipinski definition) is 2. The van der Waals surface area contributed by atoms with Crippen LogP contribution in [0.5, 0.6) is 0 Å². The topological polar surface area (TPSA) is 41.1 Å². The van der Waals surface area contributed by atoms with Crippen molar-refractivity contribution in [3.05, 3.63) is 29.3 Å². The van der Waals surface area contributed by atoms with Gasteiger partial charge in [0.25, 0.3) is 0 Å². The van der Waals surface area contributed by atoms with Crippen molar-refractivity contribution in [2.45, 2.75) is 25.7 Å². The van der Waals surface area contributed by atoms with Gasteiger partial charge >= 0.3 is 0 Å². The zero-order valence-corrected chi connectivity index (χ0v) is 11.2. The molecule has 4 heteroatoms. The van der Waals surface area contributed by atoms with Gasteiger partial charge in [0, 0.05) is 17.1 Å². The highest BCUT2D eigenvalue weighted by Gasteiger charge is 2.14. The number of rotatable bonds is 4. The molecule has 0 aromatic heterocycles. The summed E-state index contributed by atoms with van der Waals surface area (Å²) in [6.07, 6.45) is 4.02. The van der Waals surface area contributed by atoms with Crippen LogP contribution in [0, 0.1) is 5.92 Å². The third-order valence-electron chi connectivity index (χ3n) is 3.31. The maximum absolute atomic E-state index is 11.8. The Morgan fingerprint density at radius 3 is 2.83 bits per heavy atom. The van der Waals surface area contributed by atoms with Gasteiger partial charge in [0.15, 0.2) is 0 Å². The molecule has 0 radical (unpaired) electrons. The Labute approximate surface area is 113 Å². The molecule has 3 nitrogen and oxygen atoms in total. The predicted molar refractivity (Wildman–Crippen MR) is 74.9 cm³/mol. The monoisotopic (exact) mass is 266 g/mol. The van der Waals surface area contributed by atoms with Crippen LogP contribution in [-0.2, 0) is 4.79 Å². The molecule has 0 spiro atoms. The highest BCUT2D eigenvalue weighted by Crippen LogP contribution is 2.17. The number of benzene rings is 1. The molecule has 1 aliphatic heterocycles. The fraction of sp³-hybridized carbons (Fsp3) is 0.500. The smallest absolute Gasteiger partial charge is 0.224 e. The molecule has 1 heterocycles. The van der Waals surface area contributed by atoms with E-state index < -0.39 is 0 Å². The predicted octanol–water partition coefficient (Wildman–Crippen LogP) is 3.06. The second kappa shape index (κ2) is 6.76. The van der Waals surface area contributed by atoms with Gasteiger partial charge in [-0.05, 0) is 62.5 Å². The molecule has 1 unspecified atom stereocenters. The Kier molecular flexibility index (Phi) is 5.02. The van der Waals surface area contributed by atoms with E-state index in [0.29, 0.717) is 17.4 Å². The Morgan fingerprint density at radius 1 is 1.39 bits per heavy atom. The number of anilines is 1. The van der Waals surface area contributed by atoms with Gasteiger partial charge in [-0.2, -0.15) is 0 Å². The number of carbonyl (C=O) groups is 1. The molecule has 0 bridgehead atoms. The van der Waals surface area contributed by atoms with Crippen molar-refractivity contribution in [2.75, 3.05) is 18.4 Å². The van der Waals surface area contributed by atoms with Crippen LogP contribution < -0.4 is 10.6 Å². The van der Waals surface area contributed by atoms with Gasteiger partial charge in [-0.15, -0.1) is 0 Å². The van der Waals surface area contributed by atoms with E-state index in [1.54, 1.807) is 12.1 Å². The molecular formula is C14H19ClN2O. The van der Waals surface area contributed by atoms with Gasteiger partial charge in [0.05, 0.1) is 0 Å². The van der Waals surface area contributed by atoms with Crippen LogP contribution in [0.1, 0.15) is 25.7 Å². The third kappa shape index (κ3) is 4.31. The fourth-order valence-corrected chi connectivity index (χ4v) is 2.39. The van der Waals surface area contributed by atoms with Gasteiger partial charge in [0.2, 0.25) is 5.91 Å². The highest BCUT2D eigenvalue weighted by atomic mass is 35.5. The summed E-state index contributed by atoms with van der Waals surface area (Å²) in [5.74, 6) is 0.734. The minimum atomic E-state index is 0.0860. The van der Waals surface area contributed by atoms with Crippen LogP contribution in [0.25, 0.3) is 0 Å². The molecule has 0 saturated carbocycles. The van der Waals surface area contributed by atoms with Gasteiger partial charge in [-0.25, -0.2) is 0 Å². The Bertz CT molecular complexity index is 385. The van der Waals surface area contributed by atoms with E-state index in [1.807, 2.05) is 12.1 Å². The Morgan fingerprint density at radius 2 is 2.17 bits per heavy atom. The van der Waals surface area contributed by atoms with Crippen LogP contribution >= 0.6 is 11.6 Å². The van der Waals surface area contributed by atoms with Crippen molar-refractivity contribution in [1.82, 2.24) is 5.32 Å². The van der Waals surface area contributed by atoms with E-state index in [1.165, 1.54) is 12.8 Å². The molecule has 1 aliphatic rings. The van der Waals surface area contributed by atoms with E-state index in [9.17, 15) is 4.79 Å². The van der Waals surface area contributed by atoms with E-state index in [0.717, 1.165) is 25.2 Å². The molecule has 1 fully saturated rings. The minimum absolute atomic E-state index is 0.0860. The van der Waals surface area contributed by atoms with Crippen LogP contribution in [0.2, 0.25) is 5.02 Å². The third-order valence-corrected chi connectivity index (χ3v) is 3.56. The first kappa shape index (κ1) is 13.4. The number of hydrogen-bond donors (Lipinski definition) is 2. The van der Waals surface area contributed by atoms with Crippen LogP contribution in [0.15, 0.2) is 24.3 Å². The van der Waals surface area contributed by atoms with Crippen LogP contribution in [0.4, 0.5) is 5.69 Å². The molecule has 1 aromatic carbocycles. The average molecular weight is 267 g/mol. The number of carbonyl (C=O) groups excluding carboxylic acids is 1. The van der Waals surface area contributed by atoms with Crippen molar-refractivity contribution in [2.24, 2.45) is 5.92 Å². The normalized spacial score (nSPS) is 19.5. The summed E-state index contributed by atoms with van der Waals surface area (Å²) < 4.78 is 0. The van der Waals surface area contributed by atoms with Crippen molar-refractivity contribution < 1.29 is 4.79 Å². The Hall–Kier alpha value is -1.06. The summed E-state index contributed by atoms with van der Waals surface area (Å²) in [5, 5.41) is 6.94.